The van der Waals surface area contributed by atoms with Gasteiger partial charge in [0.15, 0.2) is 0 Å². The average Bonchev–Trinajstić information content (AvgIpc) is 3.49. The highest BCUT2D eigenvalue weighted by Gasteiger charge is 2.31. The Morgan fingerprint density at radius 3 is 2.47 bits per heavy atom. The lowest BCUT2D eigenvalue weighted by Crippen LogP contribution is -2.34. The van der Waals surface area contributed by atoms with E-state index in [0.717, 1.165) is 10.4 Å². The second kappa shape index (κ2) is 17.0. The summed E-state index contributed by atoms with van der Waals surface area (Å²) in [5, 5.41) is 8.32. The molecule has 4 aromatic rings. The molecule has 1 atom stereocenters. The topological polar surface area (TPSA) is 143 Å². The molecule has 1 aromatic heterocycles. The number of hydrogen-bond acceptors (Lipinski definition) is 9. The first kappa shape index (κ1) is 36.9. The van der Waals surface area contributed by atoms with E-state index in [0.29, 0.717) is 57.5 Å². The second-order valence-electron chi connectivity index (χ2n) is 11.5. The minimum absolute atomic E-state index is 0.0189. The van der Waals surface area contributed by atoms with Crippen LogP contribution in [0.25, 0.3) is 6.08 Å². The molecule has 0 radical (unpaired) electrons. The van der Waals surface area contributed by atoms with E-state index in [-0.39, 0.29) is 24.1 Å². The maximum atomic E-state index is 13.6. The van der Waals surface area contributed by atoms with E-state index in [4.69, 9.17) is 9.47 Å². The molecule has 3 aromatic carbocycles. The number of carbonyl (C=O) groups excluding carboxylic acids is 5. The third-order valence-electron chi connectivity index (χ3n) is 7.93. The van der Waals surface area contributed by atoms with Crippen molar-refractivity contribution in [3.05, 3.63) is 112 Å². The highest BCUT2D eigenvalue weighted by Crippen LogP contribution is 2.38. The maximum absolute atomic E-state index is 13.6. The van der Waals surface area contributed by atoms with Gasteiger partial charge in [-0.05, 0) is 79.9 Å². The molecule has 4 amide bonds. The van der Waals surface area contributed by atoms with Crippen LogP contribution in [0.1, 0.15) is 57.5 Å². The van der Waals surface area contributed by atoms with Crippen LogP contribution >= 0.6 is 23.1 Å². The van der Waals surface area contributed by atoms with Gasteiger partial charge in [-0.1, -0.05) is 36.4 Å². The largest absolute Gasteiger partial charge is 0.497 e. The Hall–Kier alpha value is -5.40. The lowest BCUT2D eigenvalue weighted by molar-refractivity contribution is -0.129. The summed E-state index contributed by atoms with van der Waals surface area (Å²) < 4.78 is 10.6. The first-order valence-corrected chi connectivity index (χ1v) is 17.9. The van der Waals surface area contributed by atoms with Crippen molar-refractivity contribution in [2.45, 2.75) is 43.9 Å². The van der Waals surface area contributed by atoms with E-state index in [2.05, 4.69) is 16.0 Å². The Balaban J connectivity index is 1.31. The van der Waals surface area contributed by atoms with Gasteiger partial charge in [0.2, 0.25) is 11.8 Å². The van der Waals surface area contributed by atoms with E-state index in [9.17, 15) is 24.0 Å². The fourth-order valence-electron chi connectivity index (χ4n) is 5.34. The molecular formula is C38H38N4O7S2. The van der Waals surface area contributed by atoms with Crippen molar-refractivity contribution in [3.63, 3.8) is 0 Å². The molecule has 13 heteroatoms. The number of nitrogens with one attached hydrogen (secondary N) is 3. The SMILES string of the molecule is CCOC(=O)c1c(NC(=O)C(C)Sc2cccc(NC(=O)/C(=C/c3cccc(OC)c3)NC(=O)c3ccccc3)c2)sc2c1CCN(C(C)=O)C2. The summed E-state index contributed by atoms with van der Waals surface area (Å²) in [6, 6.07) is 22.7. The third kappa shape index (κ3) is 9.44. The van der Waals surface area contributed by atoms with Crippen molar-refractivity contribution in [1.82, 2.24) is 10.2 Å². The number of amides is 4. The molecule has 264 valence electrons. The Morgan fingerprint density at radius 1 is 0.980 bits per heavy atom. The third-order valence-corrected chi connectivity index (χ3v) is 10.2. The van der Waals surface area contributed by atoms with Crippen molar-refractivity contribution in [1.29, 1.82) is 0 Å². The Morgan fingerprint density at radius 2 is 1.75 bits per heavy atom. The van der Waals surface area contributed by atoms with E-state index in [1.54, 1.807) is 105 Å². The zero-order valence-electron chi connectivity index (χ0n) is 28.6. The van der Waals surface area contributed by atoms with Gasteiger partial charge >= 0.3 is 5.97 Å². The molecular weight excluding hydrogens is 689 g/mol. The molecule has 0 saturated heterocycles. The van der Waals surface area contributed by atoms with Crippen molar-refractivity contribution >= 4 is 69.5 Å². The summed E-state index contributed by atoms with van der Waals surface area (Å²) in [6.07, 6.45) is 2.05. The average molecular weight is 727 g/mol. The van der Waals surface area contributed by atoms with Crippen LogP contribution < -0.4 is 20.7 Å². The second-order valence-corrected chi connectivity index (χ2v) is 14.0. The molecule has 0 fully saturated rings. The molecule has 1 aliphatic heterocycles. The Labute approximate surface area is 304 Å². The highest BCUT2D eigenvalue weighted by atomic mass is 32.2. The van der Waals surface area contributed by atoms with Gasteiger partial charge < -0.3 is 30.3 Å². The van der Waals surface area contributed by atoms with Crippen molar-refractivity contribution < 1.29 is 33.4 Å². The van der Waals surface area contributed by atoms with Gasteiger partial charge in [0.25, 0.3) is 11.8 Å². The fraction of sp³-hybridized carbons (Fsp3) is 0.237. The van der Waals surface area contributed by atoms with Crippen molar-refractivity contribution in [2.75, 3.05) is 30.9 Å². The first-order valence-electron chi connectivity index (χ1n) is 16.2. The summed E-state index contributed by atoms with van der Waals surface area (Å²) in [7, 11) is 1.54. The number of esters is 1. The zero-order valence-corrected chi connectivity index (χ0v) is 30.2. The molecule has 0 saturated carbocycles. The first-order chi connectivity index (χ1) is 24.6. The molecule has 5 rings (SSSR count). The van der Waals surface area contributed by atoms with Crippen LogP contribution in [-0.2, 0) is 32.1 Å². The predicted octanol–water partition coefficient (Wildman–Crippen LogP) is 6.37. The zero-order chi connectivity index (χ0) is 36.5. The van der Waals surface area contributed by atoms with E-state index in [1.807, 2.05) is 6.07 Å². The smallest absolute Gasteiger partial charge is 0.341 e. The Kier molecular flexibility index (Phi) is 12.3. The van der Waals surface area contributed by atoms with Crippen molar-refractivity contribution in [3.8, 4) is 5.75 Å². The summed E-state index contributed by atoms with van der Waals surface area (Å²) in [5.41, 5.74) is 2.65. The molecule has 1 aliphatic rings. The number of carbonyl (C=O) groups is 5. The number of anilines is 2. The van der Waals surface area contributed by atoms with E-state index in [1.165, 1.54) is 30.0 Å². The predicted molar refractivity (Wildman–Crippen MR) is 199 cm³/mol. The normalized spacial score (nSPS) is 13.0. The van der Waals surface area contributed by atoms with Gasteiger partial charge in [-0.3, -0.25) is 19.2 Å². The lowest BCUT2D eigenvalue weighted by atomic mass is 10.0. The molecule has 11 nitrogen and oxygen atoms in total. The van der Waals surface area contributed by atoms with Crippen molar-refractivity contribution in [2.24, 2.45) is 0 Å². The number of methoxy groups -OCH3 is 1. The van der Waals surface area contributed by atoms with Crippen LogP contribution in [0.15, 0.2) is 89.5 Å². The number of fused-ring (bicyclic) bond motifs is 1. The minimum Gasteiger partial charge on any atom is -0.497 e. The number of thioether (sulfide) groups is 1. The molecule has 1 unspecified atom stereocenters. The quantitative estimate of drug-likeness (QED) is 0.0869. The summed E-state index contributed by atoms with van der Waals surface area (Å²) in [5.74, 6) is -1.29. The van der Waals surface area contributed by atoms with Crippen LogP contribution in [0, 0.1) is 0 Å². The van der Waals surface area contributed by atoms with Crippen LogP contribution in [0.2, 0.25) is 0 Å². The van der Waals surface area contributed by atoms with Gasteiger partial charge in [-0.15, -0.1) is 23.1 Å². The van der Waals surface area contributed by atoms with Gasteiger partial charge in [0.05, 0.1) is 31.1 Å². The standard InChI is InChI=1S/C38H38N4O7S2/c1-5-49-38(47)33-30-17-18-42(24(3)43)22-32(30)51-37(33)41-34(44)23(2)50-29-16-10-14-27(21-29)39-36(46)31(20-25-11-9-15-28(19-25)48-4)40-35(45)26-12-7-6-8-13-26/h6-16,19-21,23H,5,17-18,22H2,1-4H3,(H,39,46)(H,40,45)(H,41,44)/b31-20-. The number of rotatable bonds is 12. The van der Waals surface area contributed by atoms with Crippen LogP contribution in [0.3, 0.4) is 0 Å². The van der Waals surface area contributed by atoms with E-state index < -0.39 is 23.0 Å². The highest BCUT2D eigenvalue weighted by molar-refractivity contribution is 8.00. The molecule has 51 heavy (non-hydrogen) atoms. The number of nitrogens with zero attached hydrogens (tertiary/aromatic N) is 1. The molecule has 3 N–H and O–H groups in total. The molecule has 0 bridgehead atoms. The number of ether oxygens (including phenoxy) is 2. The summed E-state index contributed by atoms with van der Waals surface area (Å²) >= 11 is 2.55. The molecule has 2 heterocycles. The lowest BCUT2D eigenvalue weighted by Gasteiger charge is -2.25. The molecule has 0 aliphatic carbocycles. The minimum atomic E-state index is -0.590. The maximum Gasteiger partial charge on any atom is 0.341 e. The number of benzene rings is 3. The summed E-state index contributed by atoms with van der Waals surface area (Å²) in [4.78, 5) is 68.3. The summed E-state index contributed by atoms with van der Waals surface area (Å²) in [6.45, 7) is 6.01. The Bertz CT molecular complexity index is 1980. The van der Waals surface area contributed by atoms with Crippen LogP contribution in [0.4, 0.5) is 10.7 Å². The van der Waals surface area contributed by atoms with E-state index >= 15 is 0 Å². The fourth-order valence-corrected chi connectivity index (χ4v) is 7.52. The molecule has 0 spiro atoms. The van der Waals surface area contributed by atoms with Gasteiger partial charge in [-0.25, -0.2) is 4.79 Å². The monoisotopic (exact) mass is 726 g/mol. The van der Waals surface area contributed by atoms with Crippen LogP contribution in [0.5, 0.6) is 5.75 Å². The van der Waals surface area contributed by atoms with Gasteiger partial charge in [0.1, 0.15) is 16.4 Å². The number of hydrogen-bond donors (Lipinski definition) is 3. The van der Waals surface area contributed by atoms with Crippen LogP contribution in [-0.4, -0.2) is 60.0 Å². The van der Waals surface area contributed by atoms with Gasteiger partial charge in [0, 0.05) is 34.5 Å². The van der Waals surface area contributed by atoms with Gasteiger partial charge in [-0.2, -0.15) is 0 Å². The number of thiophene rings is 1.